The lowest BCUT2D eigenvalue weighted by Gasteiger charge is -2.23. The van der Waals surface area contributed by atoms with Gasteiger partial charge < -0.3 is 18.7 Å². The van der Waals surface area contributed by atoms with Gasteiger partial charge in [0.25, 0.3) is 0 Å². The molecule has 0 saturated heterocycles. The van der Waals surface area contributed by atoms with Crippen LogP contribution < -0.4 is 0 Å². The third-order valence-corrected chi connectivity index (χ3v) is 5.57. The van der Waals surface area contributed by atoms with E-state index in [1.54, 1.807) is 21.3 Å². The molecule has 0 fully saturated rings. The molecule has 110 valence electrons. The molecule has 0 saturated carbocycles. The normalized spacial score (nSPS) is 10.8. The van der Waals surface area contributed by atoms with E-state index in [2.05, 4.69) is 20.8 Å². The van der Waals surface area contributed by atoms with Gasteiger partial charge in [0.05, 0.1) is 0 Å². The molecule has 1 N–H and O–H groups in total. The highest BCUT2D eigenvalue weighted by Gasteiger charge is 2.36. The van der Waals surface area contributed by atoms with E-state index in [1.807, 2.05) is 0 Å². The predicted octanol–water partition coefficient (Wildman–Crippen LogP) is 3.88. The molecular weight excluding hydrogens is 246 g/mol. The molecule has 0 aromatic rings. The van der Waals surface area contributed by atoms with Crippen LogP contribution in [0.2, 0.25) is 6.04 Å². The van der Waals surface area contributed by atoms with Gasteiger partial charge in [-0.1, -0.05) is 40.0 Å². The van der Waals surface area contributed by atoms with Crippen molar-refractivity contribution < 1.29 is 13.3 Å². The third-order valence-electron chi connectivity index (χ3n) is 2.59. The van der Waals surface area contributed by atoms with Gasteiger partial charge in [0.15, 0.2) is 0 Å². The van der Waals surface area contributed by atoms with Gasteiger partial charge in [-0.15, -0.1) is 0 Å². The smallest absolute Gasteiger partial charge is 0.377 e. The van der Waals surface area contributed by atoms with Crippen LogP contribution in [-0.4, -0.2) is 35.8 Å². The first-order valence-electron chi connectivity index (χ1n) is 6.77. The van der Waals surface area contributed by atoms with Crippen molar-refractivity contribution in [1.82, 2.24) is 0 Å². The SMILES string of the molecule is CCCC(=N)CCC.CCC[Si](OC)(OC)OC. The van der Waals surface area contributed by atoms with E-state index in [-0.39, 0.29) is 0 Å². The Hall–Kier alpha value is -0.233. The fraction of sp³-hybridized carbons (Fsp3) is 0.923. The summed E-state index contributed by atoms with van der Waals surface area (Å²) in [5, 5.41) is 7.29. The second kappa shape index (κ2) is 13.2. The second-order valence-corrected chi connectivity index (χ2v) is 7.24. The average Bonchev–Trinajstić information content (AvgIpc) is 2.38. The molecule has 5 heteroatoms. The highest BCUT2D eigenvalue weighted by Crippen LogP contribution is 2.13. The quantitative estimate of drug-likeness (QED) is 0.514. The Morgan fingerprint density at radius 1 is 0.833 bits per heavy atom. The van der Waals surface area contributed by atoms with Crippen LogP contribution in [0, 0.1) is 5.41 Å². The zero-order valence-electron chi connectivity index (χ0n) is 13.0. The largest absolute Gasteiger partial charge is 0.500 e. The lowest BCUT2D eigenvalue weighted by atomic mass is 10.1. The molecule has 0 rings (SSSR count). The van der Waals surface area contributed by atoms with Gasteiger partial charge in [-0.05, 0) is 12.8 Å². The minimum absolute atomic E-state index is 0.885. The summed E-state index contributed by atoms with van der Waals surface area (Å²) in [5.74, 6) is 0. The Morgan fingerprint density at radius 2 is 1.22 bits per heavy atom. The average molecular weight is 277 g/mol. The van der Waals surface area contributed by atoms with Crippen molar-refractivity contribution in [3.63, 3.8) is 0 Å². The van der Waals surface area contributed by atoms with Crippen LogP contribution in [0.15, 0.2) is 0 Å². The molecule has 0 aliphatic carbocycles. The van der Waals surface area contributed by atoms with Crippen molar-refractivity contribution in [2.75, 3.05) is 21.3 Å². The van der Waals surface area contributed by atoms with Crippen molar-refractivity contribution in [1.29, 1.82) is 5.41 Å². The van der Waals surface area contributed by atoms with Gasteiger partial charge in [-0.3, -0.25) is 0 Å². The first-order valence-corrected chi connectivity index (χ1v) is 8.70. The third kappa shape index (κ3) is 9.76. The van der Waals surface area contributed by atoms with Crippen LogP contribution in [0.25, 0.3) is 0 Å². The molecule has 0 aliphatic rings. The van der Waals surface area contributed by atoms with E-state index in [0.29, 0.717) is 0 Å². The van der Waals surface area contributed by atoms with E-state index in [4.69, 9.17) is 18.7 Å². The standard InChI is InChI=1S/C7H15N.C6H16O3Si/c1-3-5-7(8)6-4-2;1-5-6-10(7-2,8-3)9-4/h8H,3-6H2,1-2H3;5-6H2,1-4H3. The van der Waals surface area contributed by atoms with Crippen molar-refractivity contribution in [3.8, 4) is 0 Å². The Morgan fingerprint density at radius 3 is 1.39 bits per heavy atom. The Bertz CT molecular complexity index is 180. The van der Waals surface area contributed by atoms with Gasteiger partial charge in [0.1, 0.15) is 0 Å². The van der Waals surface area contributed by atoms with Crippen LogP contribution in [-0.2, 0) is 13.3 Å². The summed E-state index contributed by atoms with van der Waals surface area (Å²) in [5.41, 5.74) is 0.912. The van der Waals surface area contributed by atoms with E-state index in [0.717, 1.165) is 43.9 Å². The maximum Gasteiger partial charge on any atom is 0.500 e. The lowest BCUT2D eigenvalue weighted by Crippen LogP contribution is -2.42. The van der Waals surface area contributed by atoms with Crippen molar-refractivity contribution in [2.45, 2.75) is 58.9 Å². The molecule has 0 aromatic heterocycles. The van der Waals surface area contributed by atoms with Gasteiger partial charge >= 0.3 is 8.80 Å². The molecule has 18 heavy (non-hydrogen) atoms. The summed E-state index contributed by atoms with van der Waals surface area (Å²) in [4.78, 5) is 0. The van der Waals surface area contributed by atoms with Crippen molar-refractivity contribution in [3.05, 3.63) is 0 Å². The topological polar surface area (TPSA) is 51.5 Å². The van der Waals surface area contributed by atoms with Gasteiger partial charge in [0, 0.05) is 33.1 Å². The number of rotatable bonds is 9. The lowest BCUT2D eigenvalue weighted by molar-refractivity contribution is 0.123. The molecule has 4 nitrogen and oxygen atoms in total. The van der Waals surface area contributed by atoms with E-state index in [1.165, 1.54) is 0 Å². The first-order chi connectivity index (χ1) is 8.55. The Kier molecular flexibility index (Phi) is 14.7. The monoisotopic (exact) mass is 277 g/mol. The summed E-state index contributed by atoms with van der Waals surface area (Å²) < 4.78 is 15.5. The van der Waals surface area contributed by atoms with Crippen LogP contribution in [0.5, 0.6) is 0 Å². The van der Waals surface area contributed by atoms with Crippen LogP contribution in [0.4, 0.5) is 0 Å². The summed E-state index contributed by atoms with van der Waals surface area (Å²) in [7, 11) is 2.68. The van der Waals surface area contributed by atoms with Crippen molar-refractivity contribution in [2.24, 2.45) is 0 Å². The second-order valence-electron chi connectivity index (χ2n) is 4.15. The molecule has 0 aliphatic heterocycles. The highest BCUT2D eigenvalue weighted by atomic mass is 28.4. The summed E-state index contributed by atoms with van der Waals surface area (Å²) >= 11 is 0. The van der Waals surface area contributed by atoms with Crippen LogP contribution in [0.1, 0.15) is 52.9 Å². The minimum atomic E-state index is -2.22. The fourth-order valence-corrected chi connectivity index (χ4v) is 3.32. The van der Waals surface area contributed by atoms with Crippen molar-refractivity contribution >= 4 is 14.5 Å². The fourth-order valence-electron chi connectivity index (χ4n) is 1.59. The maximum absolute atomic E-state index is 7.29. The minimum Gasteiger partial charge on any atom is -0.377 e. The zero-order chi connectivity index (χ0) is 14.4. The van der Waals surface area contributed by atoms with Gasteiger partial charge in [-0.2, -0.15) is 0 Å². The number of hydrogen-bond acceptors (Lipinski definition) is 4. The summed E-state index contributed by atoms with van der Waals surface area (Å²) in [6.45, 7) is 6.31. The predicted molar refractivity (Wildman–Crippen MR) is 79.4 cm³/mol. The Balaban J connectivity index is 0. The highest BCUT2D eigenvalue weighted by molar-refractivity contribution is 6.60. The van der Waals surface area contributed by atoms with Crippen LogP contribution >= 0.6 is 0 Å². The molecule has 0 radical (unpaired) electrons. The first kappa shape index (κ1) is 20.1. The van der Waals surface area contributed by atoms with Gasteiger partial charge in [0.2, 0.25) is 0 Å². The van der Waals surface area contributed by atoms with Crippen LogP contribution in [0.3, 0.4) is 0 Å². The van der Waals surface area contributed by atoms with E-state index < -0.39 is 8.80 Å². The summed E-state index contributed by atoms with van der Waals surface area (Å²) in [6.07, 6.45) is 5.26. The molecule has 0 bridgehead atoms. The molecule has 0 spiro atoms. The zero-order valence-corrected chi connectivity index (χ0v) is 14.0. The van der Waals surface area contributed by atoms with E-state index >= 15 is 0 Å². The molecule has 0 unspecified atom stereocenters. The summed E-state index contributed by atoms with van der Waals surface area (Å²) in [6, 6.07) is 0.885. The van der Waals surface area contributed by atoms with Gasteiger partial charge in [-0.25, -0.2) is 0 Å². The molecule has 0 heterocycles. The number of hydrogen-bond donors (Lipinski definition) is 1. The maximum atomic E-state index is 7.29. The Labute approximate surface area is 114 Å². The number of nitrogens with one attached hydrogen (secondary N) is 1. The van der Waals surface area contributed by atoms with E-state index in [9.17, 15) is 0 Å². The molecular formula is C13H31NO3Si. The molecule has 0 atom stereocenters. The molecule has 0 aromatic carbocycles. The molecule has 0 amide bonds.